The molecule has 2 rings (SSSR count). The molecule has 26 heavy (non-hydrogen) atoms. The van der Waals surface area contributed by atoms with Crippen molar-refractivity contribution in [1.82, 2.24) is 9.62 Å². The van der Waals surface area contributed by atoms with Crippen LogP contribution in [0.1, 0.15) is 18.5 Å². The molecule has 1 atom stereocenters. The third-order valence-electron chi connectivity index (χ3n) is 3.88. The molecular formula is C18H21ClN2O4S. The highest BCUT2D eigenvalue weighted by Crippen LogP contribution is 2.19. The number of hydrogen-bond acceptors (Lipinski definition) is 4. The standard InChI is InChI=1S/C18H21ClN2O4S/c1-13(14-4-6-15(19)7-5-14)20-18(22)12-21(2)26(23,24)17-10-8-16(25-3)9-11-17/h4-11,13H,12H2,1-3H3,(H,20,22)/t13-/m0/s1. The van der Waals surface area contributed by atoms with Crippen LogP contribution in [0.4, 0.5) is 0 Å². The normalized spacial score (nSPS) is 12.7. The lowest BCUT2D eigenvalue weighted by atomic mass is 10.1. The molecule has 0 fully saturated rings. The summed E-state index contributed by atoms with van der Waals surface area (Å²) in [6, 6.07) is 12.8. The number of carbonyl (C=O) groups is 1. The topological polar surface area (TPSA) is 75.7 Å². The number of carbonyl (C=O) groups excluding carboxylic acids is 1. The van der Waals surface area contributed by atoms with E-state index < -0.39 is 15.9 Å². The van der Waals surface area contributed by atoms with Crippen LogP contribution in [0, 0.1) is 0 Å². The van der Waals surface area contributed by atoms with Gasteiger partial charge in [-0.2, -0.15) is 4.31 Å². The maximum Gasteiger partial charge on any atom is 0.243 e. The van der Waals surface area contributed by atoms with Gasteiger partial charge in [-0.15, -0.1) is 0 Å². The number of halogens is 1. The Kier molecular flexibility index (Phi) is 6.63. The number of hydrogen-bond donors (Lipinski definition) is 1. The third-order valence-corrected chi connectivity index (χ3v) is 5.95. The van der Waals surface area contributed by atoms with E-state index in [2.05, 4.69) is 5.32 Å². The molecule has 0 radical (unpaired) electrons. The first-order valence-corrected chi connectivity index (χ1v) is 9.71. The fourth-order valence-electron chi connectivity index (χ4n) is 2.34. The summed E-state index contributed by atoms with van der Waals surface area (Å²) >= 11 is 5.85. The van der Waals surface area contributed by atoms with Crippen molar-refractivity contribution in [3.8, 4) is 5.75 Å². The first-order chi connectivity index (χ1) is 12.2. The molecule has 0 aliphatic heterocycles. The van der Waals surface area contributed by atoms with E-state index in [1.165, 1.54) is 26.3 Å². The van der Waals surface area contributed by atoms with E-state index in [1.54, 1.807) is 24.3 Å². The number of nitrogens with zero attached hydrogens (tertiary/aromatic N) is 1. The lowest BCUT2D eigenvalue weighted by Crippen LogP contribution is -2.39. The third kappa shape index (κ3) is 4.97. The van der Waals surface area contributed by atoms with Gasteiger partial charge in [-0.25, -0.2) is 8.42 Å². The molecule has 0 saturated carbocycles. The van der Waals surface area contributed by atoms with Crippen LogP contribution in [0.3, 0.4) is 0 Å². The van der Waals surface area contributed by atoms with Crippen LogP contribution in [0.15, 0.2) is 53.4 Å². The Bertz CT molecular complexity index is 852. The van der Waals surface area contributed by atoms with Gasteiger partial charge in [0.25, 0.3) is 0 Å². The highest BCUT2D eigenvalue weighted by molar-refractivity contribution is 7.89. The summed E-state index contributed by atoms with van der Waals surface area (Å²) in [5.41, 5.74) is 0.878. The second-order valence-electron chi connectivity index (χ2n) is 5.78. The molecule has 0 unspecified atom stereocenters. The summed E-state index contributed by atoms with van der Waals surface area (Å²) in [6.07, 6.45) is 0. The van der Waals surface area contributed by atoms with Crippen LogP contribution in [0.5, 0.6) is 5.75 Å². The van der Waals surface area contributed by atoms with Crippen molar-refractivity contribution in [3.63, 3.8) is 0 Å². The van der Waals surface area contributed by atoms with Crippen molar-refractivity contribution in [1.29, 1.82) is 0 Å². The predicted octanol–water partition coefficient (Wildman–Crippen LogP) is 2.85. The van der Waals surface area contributed by atoms with Crippen LogP contribution < -0.4 is 10.1 Å². The van der Waals surface area contributed by atoms with E-state index >= 15 is 0 Å². The highest BCUT2D eigenvalue weighted by atomic mass is 35.5. The largest absolute Gasteiger partial charge is 0.497 e. The minimum atomic E-state index is -3.77. The summed E-state index contributed by atoms with van der Waals surface area (Å²) in [6.45, 7) is 1.53. The summed E-state index contributed by atoms with van der Waals surface area (Å²) in [5.74, 6) is 0.160. The summed E-state index contributed by atoms with van der Waals surface area (Å²) in [7, 11) is -0.897. The van der Waals surface area contributed by atoms with Crippen LogP contribution in [0.2, 0.25) is 5.02 Å². The Morgan fingerprint density at radius 3 is 2.27 bits per heavy atom. The molecule has 8 heteroatoms. The zero-order chi connectivity index (χ0) is 19.3. The first-order valence-electron chi connectivity index (χ1n) is 7.89. The second-order valence-corrected chi connectivity index (χ2v) is 8.26. The van der Waals surface area contributed by atoms with Gasteiger partial charge in [0, 0.05) is 12.1 Å². The number of methoxy groups -OCH3 is 1. The minimum absolute atomic E-state index is 0.0966. The number of benzene rings is 2. The maximum atomic E-state index is 12.6. The Hall–Kier alpha value is -2.09. The van der Waals surface area contributed by atoms with Crippen molar-refractivity contribution in [3.05, 3.63) is 59.1 Å². The van der Waals surface area contributed by atoms with E-state index in [9.17, 15) is 13.2 Å². The number of ether oxygens (including phenoxy) is 1. The summed E-state index contributed by atoms with van der Waals surface area (Å²) in [5, 5.41) is 3.39. The van der Waals surface area contributed by atoms with Crippen molar-refractivity contribution >= 4 is 27.5 Å². The van der Waals surface area contributed by atoms with Gasteiger partial charge in [0.2, 0.25) is 15.9 Å². The van der Waals surface area contributed by atoms with Gasteiger partial charge in [-0.05, 0) is 48.9 Å². The predicted molar refractivity (Wildman–Crippen MR) is 101 cm³/mol. The molecule has 140 valence electrons. The van der Waals surface area contributed by atoms with E-state index in [-0.39, 0.29) is 17.5 Å². The first kappa shape index (κ1) is 20.2. The Balaban J connectivity index is 2.01. The molecule has 2 aromatic rings. The van der Waals surface area contributed by atoms with Gasteiger partial charge in [-0.3, -0.25) is 4.79 Å². The van der Waals surface area contributed by atoms with Gasteiger partial charge in [0.1, 0.15) is 5.75 Å². The monoisotopic (exact) mass is 396 g/mol. The van der Waals surface area contributed by atoms with Gasteiger partial charge in [-0.1, -0.05) is 23.7 Å². The van der Waals surface area contributed by atoms with E-state index in [4.69, 9.17) is 16.3 Å². The van der Waals surface area contributed by atoms with Crippen LogP contribution >= 0.6 is 11.6 Å². The van der Waals surface area contributed by atoms with Crippen molar-refractivity contribution < 1.29 is 17.9 Å². The molecule has 0 bridgehead atoms. The fourth-order valence-corrected chi connectivity index (χ4v) is 3.59. The molecule has 2 aromatic carbocycles. The SMILES string of the molecule is COc1ccc(S(=O)(=O)N(C)CC(=O)N[C@@H](C)c2ccc(Cl)cc2)cc1. The highest BCUT2D eigenvalue weighted by Gasteiger charge is 2.23. The Morgan fingerprint density at radius 1 is 1.15 bits per heavy atom. The molecule has 6 nitrogen and oxygen atoms in total. The molecule has 0 aromatic heterocycles. The number of amides is 1. The second kappa shape index (κ2) is 8.53. The smallest absolute Gasteiger partial charge is 0.243 e. The van der Waals surface area contributed by atoms with Crippen LogP contribution in [-0.2, 0) is 14.8 Å². The molecule has 0 heterocycles. The van der Waals surface area contributed by atoms with Crippen molar-refractivity contribution in [2.24, 2.45) is 0 Å². The zero-order valence-corrected chi connectivity index (χ0v) is 16.3. The van der Waals surface area contributed by atoms with E-state index in [1.807, 2.05) is 19.1 Å². The number of sulfonamides is 1. The average Bonchev–Trinajstić information content (AvgIpc) is 2.62. The minimum Gasteiger partial charge on any atom is -0.497 e. The average molecular weight is 397 g/mol. The van der Waals surface area contributed by atoms with Gasteiger partial charge in [0.15, 0.2) is 0 Å². The van der Waals surface area contributed by atoms with Crippen LogP contribution in [0.25, 0.3) is 0 Å². The van der Waals surface area contributed by atoms with E-state index in [0.29, 0.717) is 10.8 Å². The molecule has 1 amide bonds. The summed E-state index contributed by atoms with van der Waals surface area (Å²) in [4.78, 5) is 12.3. The lowest BCUT2D eigenvalue weighted by molar-refractivity contribution is -0.121. The van der Waals surface area contributed by atoms with Gasteiger partial charge < -0.3 is 10.1 Å². The molecule has 0 saturated heterocycles. The fraction of sp³-hybridized carbons (Fsp3) is 0.278. The quantitative estimate of drug-likeness (QED) is 0.780. The van der Waals surface area contributed by atoms with Crippen LogP contribution in [-0.4, -0.2) is 39.3 Å². The van der Waals surface area contributed by atoms with Crippen molar-refractivity contribution in [2.45, 2.75) is 17.9 Å². The Morgan fingerprint density at radius 2 is 1.73 bits per heavy atom. The number of nitrogens with one attached hydrogen (secondary N) is 1. The molecule has 0 spiro atoms. The molecule has 0 aliphatic carbocycles. The summed E-state index contributed by atoms with van der Waals surface area (Å²) < 4.78 is 31.1. The molecule has 1 N–H and O–H groups in total. The number of likely N-dealkylation sites (N-methyl/N-ethyl adjacent to an activating group) is 1. The zero-order valence-electron chi connectivity index (χ0n) is 14.8. The van der Waals surface area contributed by atoms with E-state index in [0.717, 1.165) is 9.87 Å². The van der Waals surface area contributed by atoms with Crippen molar-refractivity contribution in [2.75, 3.05) is 20.7 Å². The lowest BCUT2D eigenvalue weighted by Gasteiger charge is -2.19. The molecule has 0 aliphatic rings. The van der Waals surface area contributed by atoms with Gasteiger partial charge in [0.05, 0.1) is 24.6 Å². The maximum absolute atomic E-state index is 12.6. The number of rotatable bonds is 7. The van der Waals surface area contributed by atoms with Gasteiger partial charge >= 0.3 is 0 Å². The Labute approximate surface area is 158 Å². The molecular weight excluding hydrogens is 376 g/mol.